The van der Waals surface area contributed by atoms with Crippen LogP contribution in [0, 0.1) is 11.8 Å². The monoisotopic (exact) mass is 408 g/mol. The lowest BCUT2D eigenvalue weighted by atomic mass is 9.83. The first-order chi connectivity index (χ1) is 13.8. The van der Waals surface area contributed by atoms with Crippen LogP contribution < -0.4 is 10.2 Å². The summed E-state index contributed by atoms with van der Waals surface area (Å²) >= 11 is 0. The van der Waals surface area contributed by atoms with E-state index in [0.29, 0.717) is 11.8 Å². The molecule has 0 bridgehead atoms. The van der Waals surface area contributed by atoms with E-state index in [1.807, 2.05) is 0 Å². The van der Waals surface area contributed by atoms with Crippen molar-refractivity contribution in [1.29, 1.82) is 0 Å². The van der Waals surface area contributed by atoms with E-state index in [0.717, 1.165) is 69.8 Å². The molecular formula is C24H40O5-2. The number of unbranched alkanes of at least 4 members (excludes halogenated alkanes) is 2. The van der Waals surface area contributed by atoms with Crippen molar-refractivity contribution < 1.29 is 24.5 Å². The molecule has 0 spiro atoms. The van der Waals surface area contributed by atoms with Gasteiger partial charge >= 0.3 is 0 Å². The highest BCUT2D eigenvalue weighted by Crippen LogP contribution is 2.31. The molecule has 0 aromatic carbocycles. The lowest BCUT2D eigenvalue weighted by Crippen LogP contribution is -2.30. The van der Waals surface area contributed by atoms with E-state index in [-0.39, 0.29) is 24.4 Å². The van der Waals surface area contributed by atoms with Crippen LogP contribution in [-0.4, -0.2) is 25.2 Å². The third-order valence-electron chi connectivity index (χ3n) is 5.64. The minimum Gasteiger partial charge on any atom is -0.545 e. The van der Waals surface area contributed by atoms with Crippen LogP contribution in [0.15, 0.2) is 23.3 Å². The van der Waals surface area contributed by atoms with Gasteiger partial charge in [0, 0.05) is 0 Å². The first-order valence-electron chi connectivity index (χ1n) is 11.2. The normalized spacial score (nSPS) is 13.0. The van der Waals surface area contributed by atoms with Crippen molar-refractivity contribution in [2.24, 2.45) is 11.8 Å². The maximum Gasteiger partial charge on any atom is 0.0738 e. The molecule has 0 radical (unpaired) electrons. The first kappa shape index (κ1) is 27.4. The number of aliphatic carboxylic acids is 2. The fourth-order valence-electron chi connectivity index (χ4n) is 3.55. The lowest BCUT2D eigenvalue weighted by molar-refractivity contribution is -0.300. The molecule has 2 unspecified atom stereocenters. The molecule has 5 heteroatoms. The Morgan fingerprint density at radius 2 is 1.31 bits per heavy atom. The molecule has 168 valence electrons. The highest BCUT2D eigenvalue weighted by atomic mass is 16.5. The minimum absolute atomic E-state index is 0.168. The summed E-state index contributed by atoms with van der Waals surface area (Å²) in [6.07, 6.45) is 10.1. The summed E-state index contributed by atoms with van der Waals surface area (Å²) in [5.74, 6) is -1.75. The summed E-state index contributed by atoms with van der Waals surface area (Å²) in [5.41, 5.74) is 0.865. The molecule has 0 fully saturated rings. The molecule has 0 aromatic heterocycles. The van der Waals surface area contributed by atoms with Gasteiger partial charge in [-0.3, -0.25) is 0 Å². The van der Waals surface area contributed by atoms with Crippen molar-refractivity contribution in [2.75, 3.05) is 13.2 Å². The molecule has 0 aliphatic carbocycles. The number of hydrogen-bond donors (Lipinski definition) is 0. The minimum atomic E-state index is -1.39. The molecule has 0 aliphatic heterocycles. The van der Waals surface area contributed by atoms with Gasteiger partial charge in [-0.2, -0.15) is 0 Å². The Morgan fingerprint density at radius 3 is 1.66 bits per heavy atom. The van der Waals surface area contributed by atoms with Crippen LogP contribution in [0.25, 0.3) is 0 Å². The second kappa shape index (κ2) is 16.2. The van der Waals surface area contributed by atoms with Crippen LogP contribution in [0.3, 0.4) is 0 Å². The predicted octanol–water partition coefficient (Wildman–Crippen LogP) is 3.57. The maximum atomic E-state index is 11.9. The number of allylic oxidation sites excluding steroid dienone is 1. The second-order valence-electron chi connectivity index (χ2n) is 7.99. The van der Waals surface area contributed by atoms with Crippen molar-refractivity contribution in [3.63, 3.8) is 0 Å². The molecule has 0 rings (SSSR count). The number of carbonyl (C=O) groups excluding carboxylic acids is 2. The standard InChI is InChI=1S/C24H42O5/c1-6-10-12-19(8-3)14-21(15-20(9-4)13-11-7-2)22(24(27)28)17-29-16-18(5)23(25)26/h19-20H,5-17H2,1-4H3,(H,25,26)(H,27,28)/p-2. The van der Waals surface area contributed by atoms with E-state index in [9.17, 15) is 19.8 Å². The maximum absolute atomic E-state index is 11.9. The Morgan fingerprint density at radius 1 is 0.828 bits per heavy atom. The zero-order valence-electron chi connectivity index (χ0n) is 18.9. The van der Waals surface area contributed by atoms with Crippen LogP contribution in [0.2, 0.25) is 0 Å². The third-order valence-corrected chi connectivity index (χ3v) is 5.64. The van der Waals surface area contributed by atoms with Crippen LogP contribution in [0.5, 0.6) is 0 Å². The van der Waals surface area contributed by atoms with E-state index in [1.54, 1.807) is 0 Å². The molecule has 29 heavy (non-hydrogen) atoms. The summed E-state index contributed by atoms with van der Waals surface area (Å²) in [4.78, 5) is 22.7. The van der Waals surface area contributed by atoms with E-state index in [2.05, 4.69) is 34.3 Å². The van der Waals surface area contributed by atoms with Crippen LogP contribution in [0.4, 0.5) is 0 Å². The number of carboxylic acid groups (broad SMARTS) is 2. The Balaban J connectivity index is 5.56. The molecule has 0 aromatic rings. The lowest BCUT2D eigenvalue weighted by Gasteiger charge is -2.25. The zero-order valence-corrected chi connectivity index (χ0v) is 18.9. The fourth-order valence-corrected chi connectivity index (χ4v) is 3.55. The van der Waals surface area contributed by atoms with Crippen molar-refractivity contribution in [2.45, 2.75) is 91.9 Å². The van der Waals surface area contributed by atoms with Gasteiger partial charge in [-0.1, -0.05) is 91.2 Å². The Kier molecular flexibility index (Phi) is 15.3. The SMILES string of the molecule is C=C(COCC(C(=O)[O-])=C(CC(CC)CCCC)CC(CC)CCCC)C(=O)[O-]. The van der Waals surface area contributed by atoms with Gasteiger partial charge in [0.1, 0.15) is 0 Å². The van der Waals surface area contributed by atoms with Crippen molar-refractivity contribution in [1.82, 2.24) is 0 Å². The molecule has 0 heterocycles. The van der Waals surface area contributed by atoms with Gasteiger partial charge in [0.2, 0.25) is 0 Å². The first-order valence-corrected chi connectivity index (χ1v) is 11.2. The van der Waals surface area contributed by atoms with E-state index >= 15 is 0 Å². The van der Waals surface area contributed by atoms with Gasteiger partial charge in [-0.25, -0.2) is 0 Å². The average molecular weight is 409 g/mol. The number of rotatable bonds is 18. The van der Waals surface area contributed by atoms with Gasteiger partial charge in [0.25, 0.3) is 0 Å². The van der Waals surface area contributed by atoms with E-state index < -0.39 is 11.9 Å². The molecule has 0 amide bonds. The third kappa shape index (κ3) is 11.8. The summed E-state index contributed by atoms with van der Waals surface area (Å²) in [6, 6.07) is 0. The van der Waals surface area contributed by atoms with Crippen molar-refractivity contribution >= 4 is 11.9 Å². The van der Waals surface area contributed by atoms with Crippen molar-refractivity contribution in [3.05, 3.63) is 23.3 Å². The number of carboxylic acids is 2. The highest BCUT2D eigenvalue weighted by molar-refractivity contribution is 5.86. The Bertz CT molecular complexity index is 515. The second-order valence-corrected chi connectivity index (χ2v) is 7.99. The molecule has 0 saturated heterocycles. The van der Waals surface area contributed by atoms with Crippen molar-refractivity contribution in [3.8, 4) is 0 Å². The number of hydrogen-bond acceptors (Lipinski definition) is 5. The Labute approximate surface area is 177 Å². The Hall–Kier alpha value is -1.62. The molecule has 0 aliphatic rings. The van der Waals surface area contributed by atoms with Gasteiger partial charge in [0.05, 0.1) is 25.2 Å². The molecular weight excluding hydrogens is 368 g/mol. The topological polar surface area (TPSA) is 89.5 Å². The van der Waals surface area contributed by atoms with Gasteiger partial charge in [0.15, 0.2) is 0 Å². The summed E-state index contributed by atoms with van der Waals surface area (Å²) in [7, 11) is 0. The smallest absolute Gasteiger partial charge is 0.0738 e. The zero-order chi connectivity index (χ0) is 22.2. The molecule has 0 saturated carbocycles. The fraction of sp³-hybridized carbons (Fsp3) is 0.750. The van der Waals surface area contributed by atoms with Crippen LogP contribution >= 0.6 is 0 Å². The molecule has 5 nitrogen and oxygen atoms in total. The van der Waals surface area contributed by atoms with Gasteiger partial charge in [-0.15, -0.1) is 0 Å². The summed E-state index contributed by atoms with van der Waals surface area (Å²) < 4.78 is 5.35. The highest BCUT2D eigenvalue weighted by Gasteiger charge is 2.18. The van der Waals surface area contributed by atoms with E-state index in [4.69, 9.17) is 4.74 Å². The average Bonchev–Trinajstić information content (AvgIpc) is 2.69. The van der Waals surface area contributed by atoms with E-state index in [1.165, 1.54) is 0 Å². The number of carbonyl (C=O) groups is 2. The van der Waals surface area contributed by atoms with Crippen LogP contribution in [0.1, 0.15) is 91.9 Å². The summed E-state index contributed by atoms with van der Waals surface area (Å²) in [5, 5.41) is 22.7. The molecule has 0 N–H and O–H groups in total. The molecule has 2 atom stereocenters. The quantitative estimate of drug-likeness (QED) is 0.323. The predicted molar refractivity (Wildman–Crippen MR) is 113 cm³/mol. The largest absolute Gasteiger partial charge is 0.545 e. The van der Waals surface area contributed by atoms with Gasteiger partial charge < -0.3 is 24.5 Å². The summed E-state index contributed by atoms with van der Waals surface area (Å²) in [6.45, 7) is 11.5. The number of ether oxygens (including phenoxy) is 1. The van der Waals surface area contributed by atoms with Gasteiger partial charge in [-0.05, 0) is 35.8 Å². The van der Waals surface area contributed by atoms with Crippen LogP contribution in [-0.2, 0) is 14.3 Å².